The van der Waals surface area contributed by atoms with Gasteiger partial charge < -0.3 is 10.1 Å². The van der Waals surface area contributed by atoms with E-state index in [1.165, 1.54) is 0 Å². The molecule has 1 N–H and O–H groups in total. The first-order chi connectivity index (χ1) is 7.69. The molecule has 0 aliphatic carbocycles. The highest BCUT2D eigenvalue weighted by Gasteiger charge is 2.21. The number of rotatable bonds is 3. The Hall–Kier alpha value is -1.13. The molecule has 2 rings (SSSR count). The van der Waals surface area contributed by atoms with Crippen molar-refractivity contribution in [2.45, 2.75) is 19.4 Å². The van der Waals surface area contributed by atoms with Crippen molar-refractivity contribution in [3.05, 3.63) is 28.5 Å². The standard InChI is InChI=1S/C11H13ClN2O2/c1-2-8-3-7(4-10(12)13-8)11(15)14-9-5-16-6-9/h3-4,9H,2,5-6H2,1H3,(H,14,15). The summed E-state index contributed by atoms with van der Waals surface area (Å²) in [7, 11) is 0. The highest BCUT2D eigenvalue weighted by Crippen LogP contribution is 2.12. The Morgan fingerprint density at radius 1 is 1.62 bits per heavy atom. The third kappa shape index (κ3) is 2.51. The molecule has 1 amide bonds. The van der Waals surface area contributed by atoms with E-state index in [2.05, 4.69) is 10.3 Å². The fourth-order valence-electron chi connectivity index (χ4n) is 1.45. The van der Waals surface area contributed by atoms with Crippen LogP contribution in [-0.4, -0.2) is 30.1 Å². The second kappa shape index (κ2) is 4.80. The SMILES string of the molecule is CCc1cc(C(=O)NC2COC2)cc(Cl)n1. The van der Waals surface area contributed by atoms with Crippen molar-refractivity contribution in [3.8, 4) is 0 Å². The largest absolute Gasteiger partial charge is 0.377 e. The van der Waals surface area contributed by atoms with E-state index in [4.69, 9.17) is 16.3 Å². The Morgan fingerprint density at radius 2 is 2.38 bits per heavy atom. The van der Waals surface area contributed by atoms with Gasteiger partial charge in [-0.3, -0.25) is 4.79 Å². The number of ether oxygens (including phenoxy) is 1. The molecule has 1 saturated heterocycles. The molecule has 0 unspecified atom stereocenters. The van der Waals surface area contributed by atoms with Crippen LogP contribution < -0.4 is 5.32 Å². The van der Waals surface area contributed by atoms with Gasteiger partial charge in [0.05, 0.1) is 19.3 Å². The van der Waals surface area contributed by atoms with Crippen molar-refractivity contribution >= 4 is 17.5 Å². The number of amides is 1. The molecule has 0 atom stereocenters. The minimum Gasteiger partial charge on any atom is -0.377 e. The second-order valence-corrected chi connectivity index (χ2v) is 4.12. The van der Waals surface area contributed by atoms with Crippen molar-refractivity contribution in [2.24, 2.45) is 0 Å². The van der Waals surface area contributed by atoms with Crippen LogP contribution in [-0.2, 0) is 11.2 Å². The first kappa shape index (κ1) is 11.4. The predicted octanol–water partition coefficient (Wildman–Crippen LogP) is 1.43. The summed E-state index contributed by atoms with van der Waals surface area (Å²) < 4.78 is 4.99. The van der Waals surface area contributed by atoms with E-state index < -0.39 is 0 Å². The lowest BCUT2D eigenvalue weighted by molar-refractivity contribution is -0.00346. The molecule has 0 spiro atoms. The number of nitrogens with one attached hydrogen (secondary N) is 1. The van der Waals surface area contributed by atoms with Gasteiger partial charge in [0.25, 0.3) is 5.91 Å². The zero-order valence-corrected chi connectivity index (χ0v) is 9.75. The highest BCUT2D eigenvalue weighted by atomic mass is 35.5. The lowest BCUT2D eigenvalue weighted by Crippen LogP contribution is -2.48. The molecule has 86 valence electrons. The zero-order chi connectivity index (χ0) is 11.5. The minimum atomic E-state index is -0.118. The van der Waals surface area contributed by atoms with Crippen LogP contribution in [0.4, 0.5) is 0 Å². The topological polar surface area (TPSA) is 51.2 Å². The molecule has 0 bridgehead atoms. The zero-order valence-electron chi connectivity index (χ0n) is 9.00. The van der Waals surface area contributed by atoms with Crippen molar-refractivity contribution < 1.29 is 9.53 Å². The monoisotopic (exact) mass is 240 g/mol. The van der Waals surface area contributed by atoms with E-state index in [0.717, 1.165) is 12.1 Å². The number of pyridine rings is 1. The Bertz CT molecular complexity index is 405. The smallest absolute Gasteiger partial charge is 0.251 e. The molecule has 2 heterocycles. The van der Waals surface area contributed by atoms with Crippen LogP contribution in [0.15, 0.2) is 12.1 Å². The summed E-state index contributed by atoms with van der Waals surface area (Å²) in [5, 5.41) is 3.22. The number of aromatic nitrogens is 1. The number of nitrogens with zero attached hydrogens (tertiary/aromatic N) is 1. The molecule has 1 aliphatic heterocycles. The van der Waals surface area contributed by atoms with E-state index in [-0.39, 0.29) is 11.9 Å². The normalized spacial score (nSPS) is 15.6. The molecule has 16 heavy (non-hydrogen) atoms. The number of halogens is 1. The van der Waals surface area contributed by atoms with Crippen molar-refractivity contribution in [1.82, 2.24) is 10.3 Å². The van der Waals surface area contributed by atoms with Crippen LogP contribution in [0, 0.1) is 0 Å². The van der Waals surface area contributed by atoms with E-state index >= 15 is 0 Å². The predicted molar refractivity (Wildman–Crippen MR) is 60.7 cm³/mol. The maximum Gasteiger partial charge on any atom is 0.251 e. The van der Waals surface area contributed by atoms with Crippen LogP contribution in [0.5, 0.6) is 0 Å². The Morgan fingerprint density at radius 3 is 2.94 bits per heavy atom. The summed E-state index contributed by atoms with van der Waals surface area (Å²) in [5.74, 6) is -0.118. The number of hydrogen-bond acceptors (Lipinski definition) is 3. The van der Waals surface area contributed by atoms with Crippen LogP contribution in [0.25, 0.3) is 0 Å². The van der Waals surface area contributed by atoms with Gasteiger partial charge in [-0.05, 0) is 18.6 Å². The summed E-state index contributed by atoms with van der Waals surface area (Å²) in [6.07, 6.45) is 0.757. The van der Waals surface area contributed by atoms with Crippen LogP contribution >= 0.6 is 11.6 Å². The van der Waals surface area contributed by atoms with Gasteiger partial charge >= 0.3 is 0 Å². The van der Waals surface area contributed by atoms with Gasteiger partial charge in [-0.25, -0.2) is 4.98 Å². The molecule has 0 radical (unpaired) electrons. The van der Waals surface area contributed by atoms with Crippen molar-refractivity contribution in [1.29, 1.82) is 0 Å². The quantitative estimate of drug-likeness (QED) is 0.814. The molecule has 1 aromatic heterocycles. The molecule has 1 aliphatic rings. The van der Waals surface area contributed by atoms with Crippen LogP contribution in [0.1, 0.15) is 23.0 Å². The average molecular weight is 241 g/mol. The van der Waals surface area contributed by atoms with Gasteiger partial charge in [0.1, 0.15) is 5.15 Å². The third-order valence-corrected chi connectivity index (χ3v) is 2.64. The highest BCUT2D eigenvalue weighted by molar-refractivity contribution is 6.29. The molecule has 1 aromatic rings. The maximum absolute atomic E-state index is 11.8. The second-order valence-electron chi connectivity index (χ2n) is 3.73. The van der Waals surface area contributed by atoms with Gasteiger partial charge in [-0.1, -0.05) is 18.5 Å². The first-order valence-corrected chi connectivity index (χ1v) is 5.62. The van der Waals surface area contributed by atoms with E-state index in [9.17, 15) is 4.79 Å². The lowest BCUT2D eigenvalue weighted by atomic mass is 10.1. The summed E-state index contributed by atoms with van der Waals surface area (Å²) in [4.78, 5) is 15.9. The first-order valence-electron chi connectivity index (χ1n) is 5.24. The van der Waals surface area contributed by atoms with Gasteiger partial charge in [0.2, 0.25) is 0 Å². The van der Waals surface area contributed by atoms with Gasteiger partial charge in [0.15, 0.2) is 0 Å². The Balaban J connectivity index is 2.11. The lowest BCUT2D eigenvalue weighted by Gasteiger charge is -2.26. The fourth-order valence-corrected chi connectivity index (χ4v) is 1.68. The third-order valence-electron chi connectivity index (χ3n) is 2.44. The maximum atomic E-state index is 11.8. The molecule has 1 fully saturated rings. The van der Waals surface area contributed by atoms with E-state index in [1.807, 2.05) is 6.92 Å². The van der Waals surface area contributed by atoms with Gasteiger partial charge in [-0.15, -0.1) is 0 Å². The van der Waals surface area contributed by atoms with E-state index in [1.54, 1.807) is 12.1 Å². The number of carbonyl (C=O) groups is 1. The fraction of sp³-hybridized carbons (Fsp3) is 0.455. The molecule has 5 heteroatoms. The average Bonchev–Trinajstić information content (AvgIpc) is 2.22. The van der Waals surface area contributed by atoms with Crippen molar-refractivity contribution in [3.63, 3.8) is 0 Å². The summed E-state index contributed by atoms with van der Waals surface area (Å²) >= 11 is 5.84. The summed E-state index contributed by atoms with van der Waals surface area (Å²) in [6.45, 7) is 3.15. The molecule has 4 nitrogen and oxygen atoms in total. The Kier molecular flexibility index (Phi) is 3.41. The van der Waals surface area contributed by atoms with Crippen molar-refractivity contribution in [2.75, 3.05) is 13.2 Å². The van der Waals surface area contributed by atoms with E-state index in [0.29, 0.717) is 23.9 Å². The number of carbonyl (C=O) groups excluding carboxylic acids is 1. The molecule has 0 saturated carbocycles. The van der Waals surface area contributed by atoms with Gasteiger partial charge in [0, 0.05) is 11.3 Å². The number of aryl methyl sites for hydroxylation is 1. The minimum absolute atomic E-state index is 0.118. The number of hydrogen-bond donors (Lipinski definition) is 1. The molecule has 0 aromatic carbocycles. The molecular formula is C11H13ClN2O2. The molecular weight excluding hydrogens is 228 g/mol. The summed E-state index contributed by atoms with van der Waals surface area (Å²) in [6, 6.07) is 3.47. The van der Waals surface area contributed by atoms with Crippen LogP contribution in [0.3, 0.4) is 0 Å². The van der Waals surface area contributed by atoms with Crippen LogP contribution in [0.2, 0.25) is 5.15 Å². The Labute approximate surface area is 99.0 Å². The van der Waals surface area contributed by atoms with Gasteiger partial charge in [-0.2, -0.15) is 0 Å². The summed E-state index contributed by atoms with van der Waals surface area (Å²) in [5.41, 5.74) is 1.38.